The summed E-state index contributed by atoms with van der Waals surface area (Å²) >= 11 is 0. The van der Waals surface area contributed by atoms with Crippen LogP contribution >= 0.6 is 0 Å². The molecule has 37 heavy (non-hydrogen) atoms. The Morgan fingerprint density at radius 2 is 1.86 bits per heavy atom. The van der Waals surface area contributed by atoms with Gasteiger partial charge in [0.25, 0.3) is 5.91 Å². The van der Waals surface area contributed by atoms with E-state index in [1.54, 1.807) is 12.4 Å². The number of nitrogens with zero attached hydrogens (tertiary/aromatic N) is 3. The third kappa shape index (κ3) is 6.72. The number of imidazole rings is 1. The molecule has 2 aromatic carbocycles. The molecule has 0 aliphatic heterocycles. The number of hydrazone groups is 1. The van der Waals surface area contributed by atoms with Gasteiger partial charge in [-0.25, -0.2) is 15.2 Å². The monoisotopic (exact) mass is 498 g/mol. The summed E-state index contributed by atoms with van der Waals surface area (Å²) in [6, 6.07) is 18.7. The molecule has 3 N–H and O–H groups in total. The largest absolute Gasteiger partial charge is 0.445 e. The molecule has 9 nitrogen and oxygen atoms in total. The number of H-pyrrole nitrogens is 1. The summed E-state index contributed by atoms with van der Waals surface area (Å²) in [4.78, 5) is 32.3. The lowest BCUT2D eigenvalue weighted by atomic mass is 10.1. The Bertz CT molecular complexity index is 1360. The number of alkyl carbamates (subject to hydrolysis) is 1. The second-order valence-corrected chi connectivity index (χ2v) is 8.77. The zero-order valence-electron chi connectivity index (χ0n) is 21.1. The number of rotatable bonds is 9. The van der Waals surface area contributed by atoms with Crippen LogP contribution in [-0.2, 0) is 22.6 Å². The first-order valence-electron chi connectivity index (χ1n) is 11.9. The van der Waals surface area contributed by atoms with Crippen LogP contribution in [0.4, 0.5) is 4.79 Å². The Kier molecular flexibility index (Phi) is 8.15. The number of aromatic amines is 1. The maximum atomic E-state index is 12.9. The van der Waals surface area contributed by atoms with Crippen LogP contribution in [0.15, 0.2) is 78.3 Å². The second kappa shape index (κ2) is 11.9. The van der Waals surface area contributed by atoms with E-state index in [4.69, 9.17) is 4.74 Å². The SMILES string of the molecule is Cc1ccc(-n2c(C)cc(/C=N\NC(=O)[C@@H](Cc3cnc[nH]3)NC(=O)OCc3ccccc3)c2C)cc1. The molecule has 1 atom stereocenters. The molecule has 2 heterocycles. The number of aryl methyl sites for hydroxylation is 2. The standard InChI is InChI=1S/C28H30N6O3/c1-19-9-11-25(12-10-19)34-20(2)13-23(21(34)3)15-31-33-27(35)26(14-24-16-29-18-30-24)32-28(36)37-17-22-7-5-4-6-8-22/h4-13,15-16,18,26H,14,17H2,1-3H3,(H,29,30)(H,32,36)(H,33,35)/b31-15-/t26-/m1/s1. The first kappa shape index (κ1) is 25.4. The van der Waals surface area contributed by atoms with E-state index in [2.05, 4.69) is 61.6 Å². The molecular weight excluding hydrogens is 468 g/mol. The zero-order valence-corrected chi connectivity index (χ0v) is 21.1. The smallest absolute Gasteiger partial charge is 0.408 e. The molecule has 0 aliphatic rings. The Morgan fingerprint density at radius 1 is 1.11 bits per heavy atom. The first-order valence-corrected chi connectivity index (χ1v) is 11.9. The van der Waals surface area contributed by atoms with Gasteiger partial charge >= 0.3 is 6.09 Å². The molecule has 9 heteroatoms. The predicted octanol–water partition coefficient (Wildman–Crippen LogP) is 4.11. The van der Waals surface area contributed by atoms with Gasteiger partial charge in [-0.1, -0.05) is 48.0 Å². The Labute approximate surface area is 215 Å². The number of ether oxygens (including phenoxy) is 1. The van der Waals surface area contributed by atoms with Gasteiger partial charge in [-0.05, 0) is 44.5 Å². The molecule has 4 rings (SSSR count). The molecule has 2 amide bonds. The maximum Gasteiger partial charge on any atom is 0.408 e. The lowest BCUT2D eigenvalue weighted by Gasteiger charge is -2.16. The van der Waals surface area contributed by atoms with Gasteiger partial charge < -0.3 is 19.6 Å². The van der Waals surface area contributed by atoms with Crippen LogP contribution in [0.5, 0.6) is 0 Å². The van der Waals surface area contributed by atoms with Gasteiger partial charge in [-0.2, -0.15) is 5.10 Å². The van der Waals surface area contributed by atoms with Crippen LogP contribution in [0.2, 0.25) is 0 Å². The lowest BCUT2D eigenvalue weighted by Crippen LogP contribution is -2.47. The van der Waals surface area contributed by atoms with Crippen molar-refractivity contribution in [3.8, 4) is 5.69 Å². The summed E-state index contributed by atoms with van der Waals surface area (Å²) in [6.45, 7) is 6.17. The molecule has 0 aliphatic carbocycles. The van der Waals surface area contributed by atoms with Crippen LogP contribution < -0.4 is 10.7 Å². The van der Waals surface area contributed by atoms with Crippen LogP contribution in [0, 0.1) is 20.8 Å². The van der Waals surface area contributed by atoms with Gasteiger partial charge in [0.05, 0.1) is 12.5 Å². The van der Waals surface area contributed by atoms with Crippen LogP contribution in [0.25, 0.3) is 5.69 Å². The van der Waals surface area contributed by atoms with Gasteiger partial charge in [-0.3, -0.25) is 4.79 Å². The first-order chi connectivity index (χ1) is 17.9. The average molecular weight is 499 g/mol. The van der Waals surface area contributed by atoms with Gasteiger partial charge in [-0.15, -0.1) is 0 Å². The summed E-state index contributed by atoms with van der Waals surface area (Å²) < 4.78 is 7.42. The molecule has 0 bridgehead atoms. The number of hydrogen-bond acceptors (Lipinski definition) is 5. The van der Waals surface area contributed by atoms with Gasteiger partial charge in [0.1, 0.15) is 12.6 Å². The average Bonchev–Trinajstić information content (AvgIpc) is 3.51. The minimum atomic E-state index is -0.916. The van der Waals surface area contributed by atoms with Gasteiger partial charge in [0.2, 0.25) is 0 Å². The van der Waals surface area contributed by atoms with Crippen LogP contribution in [0.3, 0.4) is 0 Å². The molecule has 0 fully saturated rings. The number of carbonyl (C=O) groups excluding carboxylic acids is 2. The van der Waals surface area contributed by atoms with E-state index in [-0.39, 0.29) is 13.0 Å². The number of amides is 2. The molecule has 4 aromatic rings. The highest BCUT2D eigenvalue weighted by molar-refractivity contribution is 5.88. The van der Waals surface area contributed by atoms with E-state index in [1.165, 1.54) is 11.9 Å². The number of carbonyl (C=O) groups is 2. The van der Waals surface area contributed by atoms with E-state index in [9.17, 15) is 9.59 Å². The van der Waals surface area contributed by atoms with Crippen molar-refractivity contribution in [1.29, 1.82) is 0 Å². The number of benzene rings is 2. The third-order valence-corrected chi connectivity index (χ3v) is 5.94. The Morgan fingerprint density at radius 3 is 2.57 bits per heavy atom. The summed E-state index contributed by atoms with van der Waals surface area (Å²) in [5, 5.41) is 6.79. The quantitative estimate of drug-likeness (QED) is 0.238. The third-order valence-electron chi connectivity index (χ3n) is 5.94. The van der Waals surface area contributed by atoms with Crippen molar-refractivity contribution in [3.05, 3.63) is 107 Å². The Hall–Kier alpha value is -4.66. The molecule has 0 saturated heterocycles. The second-order valence-electron chi connectivity index (χ2n) is 8.77. The van der Waals surface area contributed by atoms with Gasteiger partial charge in [0.15, 0.2) is 0 Å². The Balaban J connectivity index is 1.41. The highest BCUT2D eigenvalue weighted by Gasteiger charge is 2.22. The minimum Gasteiger partial charge on any atom is -0.445 e. The van der Waals surface area contributed by atoms with E-state index >= 15 is 0 Å². The normalized spacial score (nSPS) is 11.9. The summed E-state index contributed by atoms with van der Waals surface area (Å²) in [7, 11) is 0. The van der Waals surface area contributed by atoms with E-state index < -0.39 is 18.0 Å². The topological polar surface area (TPSA) is 113 Å². The number of nitrogens with one attached hydrogen (secondary N) is 3. The van der Waals surface area contributed by atoms with Crippen molar-refractivity contribution in [2.24, 2.45) is 5.10 Å². The van der Waals surface area contributed by atoms with Crippen molar-refractivity contribution in [3.63, 3.8) is 0 Å². The van der Waals surface area contributed by atoms with Gasteiger partial charge in [0, 0.05) is 41.0 Å². The minimum absolute atomic E-state index is 0.0970. The van der Waals surface area contributed by atoms with Crippen LogP contribution in [0.1, 0.15) is 33.8 Å². The molecule has 0 radical (unpaired) electrons. The van der Waals surface area contributed by atoms with E-state index in [1.807, 2.05) is 50.2 Å². The van der Waals surface area contributed by atoms with E-state index in [0.29, 0.717) is 5.69 Å². The van der Waals surface area contributed by atoms with E-state index in [0.717, 1.165) is 28.2 Å². The van der Waals surface area contributed by atoms with Crippen molar-refractivity contribution in [1.82, 2.24) is 25.3 Å². The van der Waals surface area contributed by atoms with Crippen LogP contribution in [-0.4, -0.2) is 38.8 Å². The summed E-state index contributed by atoms with van der Waals surface area (Å²) in [5.74, 6) is -0.477. The summed E-state index contributed by atoms with van der Waals surface area (Å²) in [6.07, 6.45) is 4.21. The molecule has 0 saturated carbocycles. The number of aromatic nitrogens is 3. The number of hydrogen-bond donors (Lipinski definition) is 3. The lowest BCUT2D eigenvalue weighted by molar-refractivity contribution is -0.123. The highest BCUT2D eigenvalue weighted by Crippen LogP contribution is 2.20. The van der Waals surface area contributed by atoms with Crippen molar-refractivity contribution >= 4 is 18.2 Å². The molecule has 0 unspecified atom stereocenters. The van der Waals surface area contributed by atoms with Crippen molar-refractivity contribution in [2.45, 2.75) is 39.8 Å². The fraction of sp³-hybridized carbons (Fsp3) is 0.214. The maximum absolute atomic E-state index is 12.9. The van der Waals surface area contributed by atoms with Crippen molar-refractivity contribution in [2.75, 3.05) is 0 Å². The predicted molar refractivity (Wildman–Crippen MR) is 142 cm³/mol. The fourth-order valence-electron chi connectivity index (χ4n) is 3.99. The molecule has 0 spiro atoms. The zero-order chi connectivity index (χ0) is 26.2. The fourth-order valence-corrected chi connectivity index (χ4v) is 3.99. The summed E-state index contributed by atoms with van der Waals surface area (Å²) in [5.41, 5.74) is 9.25. The molecular formula is C28H30N6O3. The molecule has 190 valence electrons. The molecule has 2 aromatic heterocycles. The highest BCUT2D eigenvalue weighted by atomic mass is 16.5. The van der Waals surface area contributed by atoms with Crippen molar-refractivity contribution < 1.29 is 14.3 Å².